The first-order valence-corrected chi connectivity index (χ1v) is 11.8. The molecule has 2 heterocycles. The summed E-state index contributed by atoms with van der Waals surface area (Å²) in [6, 6.07) is 19.8. The summed E-state index contributed by atoms with van der Waals surface area (Å²) < 4.78 is 2.09. The van der Waals surface area contributed by atoms with E-state index in [4.69, 9.17) is 5.11 Å². The largest absolute Gasteiger partial charge is 0.481 e. The van der Waals surface area contributed by atoms with Crippen LogP contribution in [0.1, 0.15) is 42.4 Å². The molecule has 0 spiro atoms. The number of allylic oxidation sites excluding steroid dienone is 1. The van der Waals surface area contributed by atoms with Crippen LogP contribution in [-0.4, -0.2) is 26.5 Å². The summed E-state index contributed by atoms with van der Waals surface area (Å²) in [5, 5.41) is 13.1. The van der Waals surface area contributed by atoms with E-state index in [1.807, 2.05) is 61.7 Å². The zero-order valence-corrected chi connectivity index (χ0v) is 19.8. The SMILES string of the molecule is Cn1cc(CCC(=O)Nc2cccc(/C(=C/CCCC(=O)O)c3cccnc3)c2)c2ccccc21. The van der Waals surface area contributed by atoms with E-state index in [1.54, 1.807) is 12.4 Å². The van der Waals surface area contributed by atoms with Crippen LogP contribution in [0, 0.1) is 0 Å². The molecule has 0 unspecified atom stereocenters. The van der Waals surface area contributed by atoms with Gasteiger partial charge in [0.2, 0.25) is 5.91 Å². The quantitative estimate of drug-likeness (QED) is 0.287. The summed E-state index contributed by atoms with van der Waals surface area (Å²) in [6.07, 6.45) is 10.0. The van der Waals surface area contributed by atoms with E-state index < -0.39 is 5.97 Å². The van der Waals surface area contributed by atoms with Crippen molar-refractivity contribution in [1.82, 2.24) is 9.55 Å². The average molecular weight is 468 g/mol. The highest BCUT2D eigenvalue weighted by atomic mass is 16.4. The van der Waals surface area contributed by atoms with E-state index in [2.05, 4.69) is 33.2 Å². The van der Waals surface area contributed by atoms with Gasteiger partial charge < -0.3 is 15.0 Å². The molecule has 2 N–H and O–H groups in total. The monoisotopic (exact) mass is 467 g/mol. The minimum atomic E-state index is -0.797. The number of nitrogens with one attached hydrogen (secondary N) is 1. The van der Waals surface area contributed by atoms with E-state index in [0.717, 1.165) is 33.5 Å². The third-order valence-corrected chi connectivity index (χ3v) is 5.97. The van der Waals surface area contributed by atoms with Crippen LogP contribution in [0.4, 0.5) is 5.69 Å². The van der Waals surface area contributed by atoms with Crippen molar-refractivity contribution in [3.63, 3.8) is 0 Å². The highest BCUT2D eigenvalue weighted by Gasteiger charge is 2.11. The Morgan fingerprint density at radius 2 is 1.86 bits per heavy atom. The number of carbonyl (C=O) groups is 2. The molecule has 0 saturated carbocycles. The fraction of sp³-hybridized carbons (Fsp3) is 0.207. The van der Waals surface area contributed by atoms with Gasteiger partial charge in [-0.3, -0.25) is 14.6 Å². The Balaban J connectivity index is 1.46. The third kappa shape index (κ3) is 6.23. The first-order chi connectivity index (χ1) is 17.0. The predicted octanol–water partition coefficient (Wildman–Crippen LogP) is 5.83. The number of hydrogen-bond acceptors (Lipinski definition) is 3. The van der Waals surface area contributed by atoms with Crippen molar-refractivity contribution in [2.45, 2.75) is 32.1 Å². The Bertz CT molecular complexity index is 1360. The molecule has 1 amide bonds. The van der Waals surface area contributed by atoms with Crippen LogP contribution >= 0.6 is 0 Å². The zero-order chi connectivity index (χ0) is 24.6. The molecule has 0 saturated heterocycles. The topological polar surface area (TPSA) is 84.2 Å². The Morgan fingerprint density at radius 3 is 2.66 bits per heavy atom. The van der Waals surface area contributed by atoms with Crippen molar-refractivity contribution in [2.24, 2.45) is 7.05 Å². The molecule has 0 fully saturated rings. The zero-order valence-electron chi connectivity index (χ0n) is 19.8. The van der Waals surface area contributed by atoms with Crippen molar-refractivity contribution in [1.29, 1.82) is 0 Å². The van der Waals surface area contributed by atoms with Crippen molar-refractivity contribution in [3.05, 3.63) is 102 Å². The summed E-state index contributed by atoms with van der Waals surface area (Å²) in [6.45, 7) is 0. The number of nitrogens with zero attached hydrogens (tertiary/aromatic N) is 2. The number of rotatable bonds is 10. The van der Waals surface area contributed by atoms with Crippen molar-refractivity contribution in [3.8, 4) is 0 Å². The minimum absolute atomic E-state index is 0.0385. The van der Waals surface area contributed by atoms with Gasteiger partial charge in [-0.15, -0.1) is 0 Å². The molecule has 4 aromatic rings. The maximum Gasteiger partial charge on any atom is 0.303 e. The number of carbonyl (C=O) groups excluding carboxylic acids is 1. The van der Waals surface area contributed by atoms with Crippen LogP contribution in [0.3, 0.4) is 0 Å². The second-order valence-corrected chi connectivity index (χ2v) is 8.56. The molecular formula is C29H29N3O3. The lowest BCUT2D eigenvalue weighted by atomic mass is 9.97. The lowest BCUT2D eigenvalue weighted by molar-refractivity contribution is -0.137. The van der Waals surface area contributed by atoms with Gasteiger partial charge in [-0.05, 0) is 60.2 Å². The predicted molar refractivity (Wildman–Crippen MR) is 139 cm³/mol. The summed E-state index contributed by atoms with van der Waals surface area (Å²) in [7, 11) is 2.02. The number of anilines is 1. The minimum Gasteiger partial charge on any atom is -0.481 e. The van der Waals surface area contributed by atoms with Crippen LogP contribution in [0.25, 0.3) is 16.5 Å². The summed E-state index contributed by atoms with van der Waals surface area (Å²) in [5.41, 5.74) is 5.91. The Hall–Kier alpha value is -4.19. The Labute approximate surface area is 204 Å². The highest BCUT2D eigenvalue weighted by Crippen LogP contribution is 2.27. The van der Waals surface area contributed by atoms with Gasteiger partial charge in [-0.1, -0.05) is 42.5 Å². The van der Waals surface area contributed by atoms with Gasteiger partial charge in [-0.2, -0.15) is 0 Å². The highest BCUT2D eigenvalue weighted by molar-refractivity contribution is 5.92. The van der Waals surface area contributed by atoms with Crippen LogP contribution in [0.15, 0.2) is 85.3 Å². The van der Waals surface area contributed by atoms with Gasteiger partial charge in [0, 0.05) is 60.6 Å². The fourth-order valence-electron chi connectivity index (χ4n) is 4.29. The summed E-state index contributed by atoms with van der Waals surface area (Å²) in [4.78, 5) is 27.9. The lowest BCUT2D eigenvalue weighted by Gasteiger charge is -2.11. The molecular weight excluding hydrogens is 438 g/mol. The number of benzene rings is 2. The second kappa shape index (κ2) is 11.3. The van der Waals surface area contributed by atoms with Gasteiger partial charge in [0.1, 0.15) is 0 Å². The van der Waals surface area contributed by atoms with Crippen molar-refractivity contribution < 1.29 is 14.7 Å². The van der Waals surface area contributed by atoms with Crippen molar-refractivity contribution >= 4 is 34.0 Å². The van der Waals surface area contributed by atoms with E-state index in [9.17, 15) is 9.59 Å². The molecule has 6 nitrogen and oxygen atoms in total. The first kappa shape index (κ1) is 24.0. The molecule has 35 heavy (non-hydrogen) atoms. The van der Waals surface area contributed by atoms with Crippen LogP contribution in [0.2, 0.25) is 0 Å². The van der Waals surface area contributed by atoms with Crippen LogP contribution in [0.5, 0.6) is 0 Å². The fourth-order valence-corrected chi connectivity index (χ4v) is 4.29. The summed E-state index contributed by atoms with van der Waals surface area (Å²) in [5.74, 6) is -0.835. The number of fused-ring (bicyclic) bond motifs is 1. The van der Waals surface area contributed by atoms with E-state index in [0.29, 0.717) is 25.7 Å². The number of para-hydroxylation sites is 1. The number of pyridine rings is 1. The standard InChI is InChI=1S/C29H29N3O3/c1-32-20-23(26-12-2-4-13-27(26)32)15-16-28(33)31-24-10-6-8-21(18-24)25(11-3-5-14-29(34)35)22-9-7-17-30-19-22/h2,4,6-13,17-20H,3,5,14-16H2,1H3,(H,31,33)(H,34,35)/b25-11-. The number of aliphatic carboxylic acids is 1. The van der Waals surface area contributed by atoms with Crippen molar-refractivity contribution in [2.75, 3.05) is 5.32 Å². The number of hydrogen-bond donors (Lipinski definition) is 2. The van der Waals surface area contributed by atoms with Crippen LogP contribution < -0.4 is 5.32 Å². The molecule has 2 aromatic carbocycles. The lowest BCUT2D eigenvalue weighted by Crippen LogP contribution is -2.12. The van der Waals surface area contributed by atoms with E-state index >= 15 is 0 Å². The smallest absolute Gasteiger partial charge is 0.303 e. The van der Waals surface area contributed by atoms with Gasteiger partial charge in [0.15, 0.2) is 0 Å². The van der Waals surface area contributed by atoms with Gasteiger partial charge in [0.25, 0.3) is 0 Å². The number of unbranched alkanes of at least 4 members (excludes halogenated alkanes) is 1. The normalized spacial score (nSPS) is 11.5. The third-order valence-electron chi connectivity index (χ3n) is 5.97. The Morgan fingerprint density at radius 1 is 1.03 bits per heavy atom. The second-order valence-electron chi connectivity index (χ2n) is 8.56. The molecule has 178 valence electrons. The number of aromatic nitrogens is 2. The number of carboxylic acids is 1. The van der Waals surface area contributed by atoms with E-state index in [1.165, 1.54) is 5.39 Å². The van der Waals surface area contributed by atoms with Gasteiger partial charge >= 0.3 is 5.97 Å². The molecule has 0 radical (unpaired) electrons. The number of carboxylic acid groups (broad SMARTS) is 1. The maximum atomic E-state index is 12.8. The van der Waals surface area contributed by atoms with Gasteiger partial charge in [0.05, 0.1) is 0 Å². The average Bonchev–Trinajstić information content (AvgIpc) is 3.19. The summed E-state index contributed by atoms with van der Waals surface area (Å²) >= 11 is 0. The molecule has 2 aromatic heterocycles. The number of aryl methyl sites for hydroxylation is 2. The van der Waals surface area contributed by atoms with Crippen LogP contribution in [-0.2, 0) is 23.1 Å². The van der Waals surface area contributed by atoms with Gasteiger partial charge in [-0.25, -0.2) is 0 Å². The number of amides is 1. The van der Waals surface area contributed by atoms with E-state index in [-0.39, 0.29) is 12.3 Å². The Kier molecular flexibility index (Phi) is 7.73. The molecule has 0 aliphatic carbocycles. The molecule has 0 bridgehead atoms. The first-order valence-electron chi connectivity index (χ1n) is 11.8. The maximum absolute atomic E-state index is 12.8. The molecule has 4 rings (SSSR count). The molecule has 0 aliphatic rings. The molecule has 0 aliphatic heterocycles. The molecule has 6 heteroatoms. The molecule has 0 atom stereocenters.